The maximum absolute atomic E-state index is 12.1. The third-order valence-corrected chi connectivity index (χ3v) is 6.47. The first-order valence-electron chi connectivity index (χ1n) is 10.5. The average molecular weight is 530 g/mol. The maximum Gasteiger partial charge on any atom is 0.258 e. The predicted octanol–water partition coefficient (Wildman–Crippen LogP) is 4.37. The number of hydrogen-bond donors (Lipinski definition) is 2. The number of aliphatic imine (C=N–C) groups is 1. The molecule has 0 radical (unpaired) electrons. The van der Waals surface area contributed by atoms with Gasteiger partial charge >= 0.3 is 0 Å². The average Bonchev–Trinajstić information content (AvgIpc) is 2.74. The highest BCUT2D eigenvalue weighted by atomic mass is 127. The van der Waals surface area contributed by atoms with E-state index in [0.29, 0.717) is 16.3 Å². The first-order chi connectivity index (χ1) is 14.9. The van der Waals surface area contributed by atoms with Gasteiger partial charge in [-0.05, 0) is 97.9 Å². The Kier molecular flexibility index (Phi) is 6.62. The summed E-state index contributed by atoms with van der Waals surface area (Å²) in [6, 6.07) is 13.7. The van der Waals surface area contributed by atoms with Crippen molar-refractivity contribution in [1.29, 1.82) is 0 Å². The molecule has 1 fully saturated rings. The van der Waals surface area contributed by atoms with Crippen LogP contribution in [-0.2, 0) is 0 Å². The summed E-state index contributed by atoms with van der Waals surface area (Å²) in [6.07, 6.45) is 4.05. The van der Waals surface area contributed by atoms with Gasteiger partial charge in [0.25, 0.3) is 5.56 Å². The van der Waals surface area contributed by atoms with Gasteiger partial charge in [0.05, 0.1) is 11.3 Å². The number of hydrogen-bond acceptors (Lipinski definition) is 5. The van der Waals surface area contributed by atoms with Gasteiger partial charge < -0.3 is 14.9 Å². The molecule has 0 saturated carbocycles. The highest BCUT2D eigenvalue weighted by Gasteiger charge is 2.19. The van der Waals surface area contributed by atoms with Crippen LogP contribution in [0.1, 0.15) is 18.4 Å². The van der Waals surface area contributed by atoms with Gasteiger partial charge in [0.15, 0.2) is 0 Å². The molecule has 0 spiro atoms. The predicted molar refractivity (Wildman–Crippen MR) is 136 cm³/mol. The fraction of sp³-hybridized carbons (Fsp3) is 0.333. The molecule has 2 aromatic carbocycles. The molecule has 0 unspecified atom stereocenters. The minimum atomic E-state index is -0.306. The van der Waals surface area contributed by atoms with Crippen LogP contribution in [0.4, 0.5) is 11.4 Å². The van der Waals surface area contributed by atoms with Crippen LogP contribution in [-0.4, -0.2) is 54.9 Å². The number of aromatic nitrogens is 1. The van der Waals surface area contributed by atoms with Crippen LogP contribution >= 0.6 is 22.6 Å². The number of piperidine rings is 1. The number of aromatic amines is 1. The Labute approximate surface area is 195 Å². The summed E-state index contributed by atoms with van der Waals surface area (Å²) < 4.78 is 0.989. The third-order valence-electron chi connectivity index (χ3n) is 5.80. The van der Waals surface area contributed by atoms with E-state index in [4.69, 9.17) is 0 Å². The number of nitrogens with zero attached hydrogens (tertiary/aromatic N) is 3. The first-order valence-corrected chi connectivity index (χ1v) is 11.6. The number of nitrogens with one attached hydrogen (secondary N) is 1. The van der Waals surface area contributed by atoms with Gasteiger partial charge in [0, 0.05) is 45.9 Å². The van der Waals surface area contributed by atoms with Crippen molar-refractivity contribution in [2.75, 3.05) is 38.6 Å². The molecule has 0 atom stereocenters. The molecule has 3 aromatic rings. The van der Waals surface area contributed by atoms with Gasteiger partial charge in [-0.2, -0.15) is 0 Å². The number of H-pyrrole nitrogens is 1. The lowest BCUT2D eigenvalue weighted by atomic mass is 9.96. The fourth-order valence-corrected chi connectivity index (χ4v) is 4.71. The Morgan fingerprint density at radius 3 is 2.55 bits per heavy atom. The summed E-state index contributed by atoms with van der Waals surface area (Å²) in [6.45, 7) is 3.32. The van der Waals surface area contributed by atoms with E-state index >= 15 is 0 Å². The maximum atomic E-state index is 12.1. The number of halogens is 1. The summed E-state index contributed by atoms with van der Waals surface area (Å²) >= 11 is 2.19. The number of anilines is 1. The van der Waals surface area contributed by atoms with Crippen molar-refractivity contribution in [3.05, 3.63) is 62.0 Å². The zero-order chi connectivity index (χ0) is 22.0. The van der Waals surface area contributed by atoms with Crippen molar-refractivity contribution in [3.8, 4) is 5.88 Å². The van der Waals surface area contributed by atoms with E-state index in [1.54, 1.807) is 12.3 Å². The van der Waals surface area contributed by atoms with Crippen LogP contribution in [0.25, 0.3) is 10.8 Å². The van der Waals surface area contributed by atoms with Crippen LogP contribution < -0.4 is 10.5 Å². The number of fused-ring (bicyclic) bond motifs is 1. The normalized spacial score (nSPS) is 15.4. The van der Waals surface area contributed by atoms with Crippen LogP contribution in [0.3, 0.4) is 0 Å². The molecule has 1 aromatic heterocycles. The monoisotopic (exact) mass is 530 g/mol. The van der Waals surface area contributed by atoms with Gasteiger partial charge in [-0.15, -0.1) is 0 Å². The Morgan fingerprint density at radius 2 is 1.87 bits per heavy atom. The number of rotatable bonds is 5. The van der Waals surface area contributed by atoms with Crippen LogP contribution in [0.2, 0.25) is 0 Å². The minimum Gasteiger partial charge on any atom is -0.494 e. The Morgan fingerprint density at radius 1 is 1.16 bits per heavy atom. The molecule has 1 aliphatic rings. The van der Waals surface area contributed by atoms with Gasteiger partial charge in [0.1, 0.15) is 0 Å². The van der Waals surface area contributed by atoms with Crippen molar-refractivity contribution >= 4 is 51.0 Å². The van der Waals surface area contributed by atoms with E-state index in [2.05, 4.69) is 68.6 Å². The topological polar surface area (TPSA) is 71.9 Å². The van der Waals surface area contributed by atoms with E-state index in [0.717, 1.165) is 34.8 Å². The highest BCUT2D eigenvalue weighted by molar-refractivity contribution is 14.1. The van der Waals surface area contributed by atoms with E-state index in [9.17, 15) is 9.90 Å². The van der Waals surface area contributed by atoms with Crippen LogP contribution in [0.15, 0.2) is 52.3 Å². The molecule has 162 valence electrons. The van der Waals surface area contributed by atoms with Crippen molar-refractivity contribution in [1.82, 2.24) is 9.88 Å². The second-order valence-corrected chi connectivity index (χ2v) is 9.62. The molecule has 2 N–H and O–H groups in total. The Bertz CT molecular complexity index is 1150. The lowest BCUT2D eigenvalue weighted by molar-refractivity contribution is 0.285. The second kappa shape index (κ2) is 9.40. The number of aromatic hydroxyl groups is 1. The van der Waals surface area contributed by atoms with Crippen molar-refractivity contribution in [2.24, 2.45) is 10.9 Å². The summed E-state index contributed by atoms with van der Waals surface area (Å²) in [4.78, 5) is 23.9. The number of pyridine rings is 1. The smallest absolute Gasteiger partial charge is 0.258 e. The minimum absolute atomic E-state index is 0.166. The zero-order valence-corrected chi connectivity index (χ0v) is 20.0. The van der Waals surface area contributed by atoms with E-state index in [-0.39, 0.29) is 11.4 Å². The molecular weight excluding hydrogens is 503 g/mol. The molecule has 0 bridgehead atoms. The quantitative estimate of drug-likeness (QED) is 0.380. The van der Waals surface area contributed by atoms with Crippen molar-refractivity contribution < 1.29 is 5.11 Å². The molecule has 0 amide bonds. The van der Waals surface area contributed by atoms with E-state index in [1.165, 1.54) is 18.5 Å². The standard InChI is InChI=1S/C24H27IN4O2/c1-28(2)15-16-9-11-29(12-10-16)19-6-4-18(5-7-19)26-14-22-21-13-17(25)3-8-20(21)23(30)27-24(22)31/h3-8,13-14,16H,9-12,15H2,1-2H3,(H2,27,30,31). The van der Waals surface area contributed by atoms with Gasteiger partial charge in [-0.3, -0.25) is 14.8 Å². The molecule has 1 aliphatic heterocycles. The summed E-state index contributed by atoms with van der Waals surface area (Å²) in [7, 11) is 4.28. The van der Waals surface area contributed by atoms with Gasteiger partial charge in [0.2, 0.25) is 5.88 Å². The van der Waals surface area contributed by atoms with Crippen LogP contribution in [0.5, 0.6) is 5.88 Å². The van der Waals surface area contributed by atoms with Crippen LogP contribution in [0, 0.1) is 9.49 Å². The fourth-order valence-electron chi connectivity index (χ4n) is 4.22. The molecular formula is C24H27IN4O2. The molecule has 0 aliphatic carbocycles. The molecule has 4 rings (SSSR count). The molecule has 2 heterocycles. The summed E-state index contributed by atoms with van der Waals surface area (Å²) in [5, 5.41) is 11.5. The largest absolute Gasteiger partial charge is 0.494 e. The first kappa shape index (κ1) is 21.8. The van der Waals surface area contributed by atoms with Crippen molar-refractivity contribution in [3.63, 3.8) is 0 Å². The summed E-state index contributed by atoms with van der Waals surface area (Å²) in [5.74, 6) is 0.610. The Balaban J connectivity index is 1.50. The lowest BCUT2D eigenvalue weighted by Crippen LogP contribution is -2.37. The van der Waals surface area contributed by atoms with Gasteiger partial charge in [-0.25, -0.2) is 0 Å². The Hall–Kier alpha value is -2.39. The number of benzene rings is 2. The molecule has 31 heavy (non-hydrogen) atoms. The van der Waals surface area contributed by atoms with E-state index < -0.39 is 0 Å². The summed E-state index contributed by atoms with van der Waals surface area (Å²) in [5.41, 5.74) is 2.23. The molecule has 1 saturated heterocycles. The second-order valence-electron chi connectivity index (χ2n) is 8.37. The van der Waals surface area contributed by atoms with E-state index in [1.807, 2.05) is 24.3 Å². The molecule has 7 heteroatoms. The highest BCUT2D eigenvalue weighted by Crippen LogP contribution is 2.27. The van der Waals surface area contributed by atoms with Crippen molar-refractivity contribution in [2.45, 2.75) is 12.8 Å². The lowest BCUT2D eigenvalue weighted by Gasteiger charge is -2.34. The third kappa shape index (κ3) is 5.10. The SMILES string of the molecule is CN(C)CC1CCN(c2ccc(N=Cc3c(O)[nH]c(=O)c4ccc(I)cc34)cc2)CC1. The van der Waals surface area contributed by atoms with Gasteiger partial charge in [-0.1, -0.05) is 0 Å². The molecule has 6 nitrogen and oxygen atoms in total. The zero-order valence-electron chi connectivity index (χ0n) is 17.8.